The highest BCUT2D eigenvalue weighted by atomic mass is 16.5. The first-order valence-electron chi connectivity index (χ1n) is 3.79. The number of rotatable bonds is 1. The van der Waals surface area contributed by atoms with Crippen molar-refractivity contribution in [3.63, 3.8) is 0 Å². The molecule has 2 heterocycles. The van der Waals surface area contributed by atoms with Gasteiger partial charge in [-0.3, -0.25) is 4.79 Å². The van der Waals surface area contributed by atoms with E-state index in [-0.39, 0.29) is 5.76 Å². The van der Waals surface area contributed by atoms with Crippen LogP contribution < -0.4 is 11.1 Å². The monoisotopic (exact) mass is 176 g/mol. The molecule has 0 saturated heterocycles. The summed E-state index contributed by atoms with van der Waals surface area (Å²) in [6.07, 6.45) is 8.56. The number of carbonyl (C=O) groups is 1. The Labute approximate surface area is 75.1 Å². The van der Waals surface area contributed by atoms with Gasteiger partial charge >= 0.3 is 0 Å². The Morgan fingerprint density at radius 1 is 1.54 bits per heavy atom. The Balaban J connectivity index is 2.34. The van der Waals surface area contributed by atoms with Crippen molar-refractivity contribution in [3.8, 4) is 0 Å². The van der Waals surface area contributed by atoms with E-state index in [9.17, 15) is 4.79 Å². The predicted molar refractivity (Wildman–Crippen MR) is 46.8 cm³/mol. The number of amides is 1. The second-order valence-electron chi connectivity index (χ2n) is 2.65. The Hall–Kier alpha value is -1.97. The maximum Gasteiger partial charge on any atom is 0.284 e. The summed E-state index contributed by atoms with van der Waals surface area (Å²) in [5.74, 6) is -0.405. The Morgan fingerprint density at radius 2 is 2.38 bits per heavy atom. The summed E-state index contributed by atoms with van der Waals surface area (Å²) in [7, 11) is 0. The summed E-state index contributed by atoms with van der Waals surface area (Å²) in [4.78, 5) is 10.8. The van der Waals surface area contributed by atoms with Crippen LogP contribution in [0.15, 0.2) is 47.7 Å². The quantitative estimate of drug-likeness (QED) is 0.602. The number of nitrogens with two attached hydrogens (primary N) is 1. The molecule has 0 spiro atoms. The zero-order valence-electron chi connectivity index (χ0n) is 6.78. The van der Waals surface area contributed by atoms with Crippen LogP contribution in [0.5, 0.6) is 0 Å². The zero-order valence-corrected chi connectivity index (χ0v) is 6.78. The lowest BCUT2D eigenvalue weighted by Gasteiger charge is -2.17. The van der Waals surface area contributed by atoms with Crippen molar-refractivity contribution in [2.45, 2.75) is 0 Å². The third kappa shape index (κ3) is 1.33. The molecule has 0 atom stereocenters. The molecule has 1 amide bonds. The number of primary amides is 1. The second kappa shape index (κ2) is 2.82. The highest BCUT2D eigenvalue weighted by Gasteiger charge is 2.15. The molecule has 0 aliphatic carbocycles. The molecule has 2 aliphatic heterocycles. The summed E-state index contributed by atoms with van der Waals surface area (Å²) in [6, 6.07) is 0. The van der Waals surface area contributed by atoms with E-state index in [2.05, 4.69) is 5.32 Å². The highest BCUT2D eigenvalue weighted by Crippen LogP contribution is 2.20. The van der Waals surface area contributed by atoms with E-state index < -0.39 is 5.91 Å². The van der Waals surface area contributed by atoms with Crippen LogP contribution >= 0.6 is 0 Å². The van der Waals surface area contributed by atoms with Crippen molar-refractivity contribution < 1.29 is 9.53 Å². The fourth-order valence-corrected chi connectivity index (χ4v) is 1.12. The predicted octanol–water partition coefficient (Wildman–Crippen LogP) is 0.271. The van der Waals surface area contributed by atoms with Crippen LogP contribution in [0.1, 0.15) is 0 Å². The van der Waals surface area contributed by atoms with E-state index in [1.807, 2.05) is 12.2 Å². The molecular formula is C9H8N2O2. The molecule has 0 radical (unpaired) electrons. The number of allylic oxidation sites excluding steroid dienone is 3. The van der Waals surface area contributed by atoms with E-state index in [1.165, 1.54) is 6.26 Å². The molecule has 3 N–H and O–H groups in total. The minimum absolute atomic E-state index is 0.159. The van der Waals surface area contributed by atoms with Crippen molar-refractivity contribution in [1.29, 1.82) is 0 Å². The first-order valence-corrected chi connectivity index (χ1v) is 3.79. The third-order valence-corrected chi connectivity index (χ3v) is 1.76. The molecule has 0 unspecified atom stereocenters. The van der Waals surface area contributed by atoms with Gasteiger partial charge in [0.25, 0.3) is 5.91 Å². The lowest BCUT2D eigenvalue weighted by molar-refractivity contribution is -0.117. The van der Waals surface area contributed by atoms with Gasteiger partial charge in [0.15, 0.2) is 5.76 Å². The van der Waals surface area contributed by atoms with Gasteiger partial charge in [0, 0.05) is 11.8 Å². The SMILES string of the molecule is NC(=O)C1=CC2=CC=CNC2=CO1. The maximum atomic E-state index is 10.8. The highest BCUT2D eigenvalue weighted by molar-refractivity contribution is 5.91. The van der Waals surface area contributed by atoms with E-state index in [1.54, 1.807) is 12.3 Å². The number of hydrogen-bond acceptors (Lipinski definition) is 3. The zero-order chi connectivity index (χ0) is 9.26. The Morgan fingerprint density at radius 3 is 3.15 bits per heavy atom. The largest absolute Gasteiger partial charge is 0.457 e. The van der Waals surface area contributed by atoms with Crippen LogP contribution in [0.3, 0.4) is 0 Å². The first kappa shape index (κ1) is 7.67. The van der Waals surface area contributed by atoms with Crippen molar-refractivity contribution in [2.75, 3.05) is 0 Å². The van der Waals surface area contributed by atoms with Gasteiger partial charge in [0.05, 0.1) is 5.70 Å². The van der Waals surface area contributed by atoms with Crippen LogP contribution in [-0.4, -0.2) is 5.91 Å². The van der Waals surface area contributed by atoms with Gasteiger partial charge in [-0.15, -0.1) is 0 Å². The minimum Gasteiger partial charge on any atom is -0.457 e. The molecular weight excluding hydrogens is 168 g/mol. The maximum absolute atomic E-state index is 10.8. The van der Waals surface area contributed by atoms with Gasteiger partial charge in [-0.05, 0) is 12.2 Å². The molecule has 2 rings (SSSR count). The van der Waals surface area contributed by atoms with Gasteiger partial charge in [-0.25, -0.2) is 0 Å². The lowest BCUT2D eigenvalue weighted by Crippen LogP contribution is -2.20. The number of hydrogen-bond donors (Lipinski definition) is 2. The summed E-state index contributed by atoms with van der Waals surface area (Å²) in [5, 5.41) is 2.97. The summed E-state index contributed by atoms with van der Waals surface area (Å²) >= 11 is 0. The molecule has 0 fully saturated rings. The molecule has 66 valence electrons. The molecule has 0 aromatic heterocycles. The molecule has 2 aliphatic rings. The first-order chi connectivity index (χ1) is 6.27. The second-order valence-corrected chi connectivity index (χ2v) is 2.65. The number of fused-ring (bicyclic) bond motifs is 1. The average molecular weight is 176 g/mol. The van der Waals surface area contributed by atoms with Gasteiger partial charge in [0.2, 0.25) is 0 Å². The summed E-state index contributed by atoms with van der Waals surface area (Å²) in [5.41, 5.74) is 6.78. The van der Waals surface area contributed by atoms with Crippen molar-refractivity contribution in [3.05, 3.63) is 47.7 Å². The van der Waals surface area contributed by atoms with Crippen LogP contribution in [0, 0.1) is 0 Å². The number of carbonyl (C=O) groups excluding carboxylic acids is 1. The topological polar surface area (TPSA) is 64.4 Å². The van der Waals surface area contributed by atoms with Crippen molar-refractivity contribution >= 4 is 5.91 Å². The van der Waals surface area contributed by atoms with Crippen molar-refractivity contribution in [2.24, 2.45) is 5.73 Å². The fourth-order valence-electron chi connectivity index (χ4n) is 1.12. The Kier molecular flexibility index (Phi) is 1.66. The normalized spacial score (nSPS) is 18.6. The molecule has 4 heteroatoms. The van der Waals surface area contributed by atoms with E-state index in [0.29, 0.717) is 0 Å². The minimum atomic E-state index is -0.564. The fraction of sp³-hybridized carbons (Fsp3) is 0. The third-order valence-electron chi connectivity index (χ3n) is 1.76. The molecule has 0 bridgehead atoms. The van der Waals surface area contributed by atoms with Crippen LogP contribution in [0.25, 0.3) is 0 Å². The smallest absolute Gasteiger partial charge is 0.284 e. The summed E-state index contributed by atoms with van der Waals surface area (Å²) < 4.78 is 5.00. The van der Waals surface area contributed by atoms with Gasteiger partial charge in [-0.2, -0.15) is 0 Å². The van der Waals surface area contributed by atoms with E-state index in [0.717, 1.165) is 11.3 Å². The molecule has 0 saturated carbocycles. The lowest BCUT2D eigenvalue weighted by atomic mass is 10.1. The number of nitrogens with one attached hydrogen (secondary N) is 1. The van der Waals surface area contributed by atoms with Gasteiger partial charge in [-0.1, -0.05) is 6.08 Å². The molecule has 13 heavy (non-hydrogen) atoms. The Bertz CT molecular complexity index is 375. The van der Waals surface area contributed by atoms with E-state index >= 15 is 0 Å². The summed E-state index contributed by atoms with van der Waals surface area (Å²) in [6.45, 7) is 0. The van der Waals surface area contributed by atoms with E-state index in [4.69, 9.17) is 10.5 Å². The standard InChI is InChI=1S/C9H8N2O2/c10-9(12)8-4-6-2-1-3-11-7(6)5-13-8/h1-5,11H,(H2,10,12). The van der Waals surface area contributed by atoms with Gasteiger partial charge < -0.3 is 15.8 Å². The van der Waals surface area contributed by atoms with Crippen LogP contribution in [0.2, 0.25) is 0 Å². The number of dihydropyridines is 1. The molecule has 4 nitrogen and oxygen atoms in total. The average Bonchev–Trinajstić information content (AvgIpc) is 2.17. The van der Waals surface area contributed by atoms with Crippen molar-refractivity contribution in [1.82, 2.24) is 5.32 Å². The van der Waals surface area contributed by atoms with Crippen LogP contribution in [-0.2, 0) is 9.53 Å². The van der Waals surface area contributed by atoms with Gasteiger partial charge in [0.1, 0.15) is 6.26 Å². The van der Waals surface area contributed by atoms with Crippen LogP contribution in [0.4, 0.5) is 0 Å². The molecule has 0 aromatic rings. The number of ether oxygens (including phenoxy) is 1. The molecule has 0 aromatic carbocycles.